The number of amides is 3. The number of hydrogen-bond donors (Lipinski definition) is 2. The van der Waals surface area contributed by atoms with E-state index in [9.17, 15) is 24.3 Å². The highest BCUT2D eigenvalue weighted by atomic mass is 16.5. The van der Waals surface area contributed by atoms with Crippen molar-refractivity contribution in [1.82, 2.24) is 15.1 Å². The number of para-hydroxylation sites is 1. The summed E-state index contributed by atoms with van der Waals surface area (Å²) in [6.45, 7) is 1.44. The third kappa shape index (κ3) is 3.07. The Bertz CT molecular complexity index is 737. The van der Waals surface area contributed by atoms with Gasteiger partial charge in [0.1, 0.15) is 11.8 Å². The molecule has 138 valence electrons. The van der Waals surface area contributed by atoms with Gasteiger partial charge in [-0.3, -0.25) is 14.4 Å². The van der Waals surface area contributed by atoms with Gasteiger partial charge >= 0.3 is 5.97 Å². The minimum atomic E-state index is -1.31. The molecule has 0 aromatic heterocycles. The number of carboxylic acids is 1. The first-order valence-corrected chi connectivity index (χ1v) is 8.25. The lowest BCUT2D eigenvalue weighted by molar-refractivity contribution is -0.166. The second-order valence-electron chi connectivity index (χ2n) is 6.07. The third-order valence-corrected chi connectivity index (χ3v) is 4.48. The minimum absolute atomic E-state index is 0.0832. The maximum absolute atomic E-state index is 12.3. The van der Waals surface area contributed by atoms with Crippen LogP contribution in [0.3, 0.4) is 0 Å². The summed E-state index contributed by atoms with van der Waals surface area (Å²) in [5.41, 5.74) is 0. The van der Waals surface area contributed by atoms with Gasteiger partial charge in [0.15, 0.2) is 6.61 Å². The highest BCUT2D eigenvalue weighted by Crippen LogP contribution is 2.33. The number of β-lactam (4-membered cyclic amide) rings is 1. The van der Waals surface area contributed by atoms with Crippen molar-refractivity contribution in [3.63, 3.8) is 0 Å². The van der Waals surface area contributed by atoms with Crippen molar-refractivity contribution >= 4 is 23.7 Å². The van der Waals surface area contributed by atoms with E-state index in [0.29, 0.717) is 5.75 Å². The molecule has 3 amide bonds. The van der Waals surface area contributed by atoms with E-state index in [1.165, 1.54) is 0 Å². The van der Waals surface area contributed by atoms with Crippen LogP contribution in [-0.2, 0) is 19.2 Å². The fourth-order valence-electron chi connectivity index (χ4n) is 3.25. The van der Waals surface area contributed by atoms with Gasteiger partial charge in [0.2, 0.25) is 18.0 Å². The number of nitrogens with one attached hydrogen (secondary N) is 1. The smallest absolute Gasteiger partial charge is 0.347 e. The number of hydrogen-bond acceptors (Lipinski definition) is 5. The van der Waals surface area contributed by atoms with Gasteiger partial charge in [0.25, 0.3) is 5.91 Å². The normalized spacial score (nSPS) is 23.9. The lowest BCUT2D eigenvalue weighted by atomic mass is 9.96. The minimum Gasteiger partial charge on any atom is -0.484 e. The zero-order chi connectivity index (χ0) is 18.8. The highest BCUT2D eigenvalue weighted by molar-refractivity contribution is 5.99. The first-order valence-electron chi connectivity index (χ1n) is 8.25. The maximum atomic E-state index is 12.3. The molecule has 2 saturated heterocycles. The molecule has 3 rings (SSSR count). The van der Waals surface area contributed by atoms with Crippen molar-refractivity contribution in [1.29, 1.82) is 0 Å². The van der Waals surface area contributed by atoms with Crippen LogP contribution < -0.4 is 10.1 Å². The number of carboxylic acid groups (broad SMARTS) is 1. The van der Waals surface area contributed by atoms with E-state index in [1.807, 2.05) is 6.07 Å². The van der Waals surface area contributed by atoms with Crippen molar-refractivity contribution in [2.45, 2.75) is 31.6 Å². The van der Waals surface area contributed by atoms with E-state index < -0.39 is 36.0 Å². The summed E-state index contributed by atoms with van der Waals surface area (Å²) in [4.78, 5) is 50.1. The quantitative estimate of drug-likeness (QED) is 0.655. The van der Waals surface area contributed by atoms with Crippen LogP contribution in [0.1, 0.15) is 13.3 Å². The predicted molar refractivity (Wildman–Crippen MR) is 87.9 cm³/mol. The molecular formula is C17H19N3O6. The molecule has 2 fully saturated rings. The second kappa shape index (κ2) is 7.03. The number of benzene rings is 1. The summed E-state index contributed by atoms with van der Waals surface area (Å²) in [7, 11) is 0. The highest BCUT2D eigenvalue weighted by Gasteiger charge is 2.60. The molecule has 2 heterocycles. The molecule has 2 N–H and O–H groups in total. The molecule has 0 saturated carbocycles. The summed E-state index contributed by atoms with van der Waals surface area (Å²) >= 11 is 0. The average molecular weight is 361 g/mol. The second-order valence-corrected chi connectivity index (χ2v) is 6.07. The summed E-state index contributed by atoms with van der Waals surface area (Å²) in [5.74, 6) is -2.09. The van der Waals surface area contributed by atoms with Gasteiger partial charge in [-0.2, -0.15) is 0 Å². The third-order valence-electron chi connectivity index (χ3n) is 4.48. The fraction of sp³-hybridized carbons (Fsp3) is 0.412. The van der Waals surface area contributed by atoms with E-state index in [1.54, 1.807) is 31.2 Å². The van der Waals surface area contributed by atoms with Gasteiger partial charge in [0, 0.05) is 13.0 Å². The predicted octanol–water partition coefficient (Wildman–Crippen LogP) is -0.576. The molecule has 2 aliphatic heterocycles. The van der Waals surface area contributed by atoms with Gasteiger partial charge in [0.05, 0.1) is 6.04 Å². The lowest BCUT2D eigenvalue weighted by Gasteiger charge is -2.43. The number of rotatable bonds is 6. The largest absolute Gasteiger partial charge is 0.484 e. The van der Waals surface area contributed by atoms with Crippen molar-refractivity contribution in [3.8, 4) is 5.75 Å². The Hall–Kier alpha value is -3.10. The zero-order valence-corrected chi connectivity index (χ0v) is 14.1. The fourth-order valence-corrected chi connectivity index (χ4v) is 3.25. The molecule has 2 aliphatic rings. The summed E-state index contributed by atoms with van der Waals surface area (Å²) < 4.78 is 5.32. The van der Waals surface area contributed by atoms with Crippen LogP contribution in [0.2, 0.25) is 0 Å². The molecule has 9 heteroatoms. The van der Waals surface area contributed by atoms with E-state index in [2.05, 4.69) is 5.32 Å². The van der Waals surface area contributed by atoms with Crippen LogP contribution in [-0.4, -0.2) is 70.0 Å². The van der Waals surface area contributed by atoms with Gasteiger partial charge in [-0.05, 0) is 12.1 Å². The van der Waals surface area contributed by atoms with Crippen LogP contribution in [0.15, 0.2) is 30.3 Å². The maximum Gasteiger partial charge on any atom is 0.347 e. The summed E-state index contributed by atoms with van der Waals surface area (Å²) in [6.07, 6.45) is -1.17. The Labute approximate surface area is 149 Å². The number of carbonyl (C=O) groups is 4. The molecule has 1 aromatic rings. The van der Waals surface area contributed by atoms with Crippen LogP contribution in [0.5, 0.6) is 5.75 Å². The molecule has 2 unspecified atom stereocenters. The zero-order valence-electron chi connectivity index (χ0n) is 14.1. The van der Waals surface area contributed by atoms with Crippen LogP contribution in [0.4, 0.5) is 0 Å². The Morgan fingerprint density at radius 2 is 1.96 bits per heavy atom. The Morgan fingerprint density at radius 1 is 1.27 bits per heavy atom. The summed E-state index contributed by atoms with van der Waals surface area (Å²) in [5, 5.41) is 11.9. The van der Waals surface area contributed by atoms with Crippen LogP contribution >= 0.6 is 0 Å². The number of nitrogens with zero attached hydrogens (tertiary/aromatic N) is 2. The SMILES string of the molecule is CCC(=O)N1CC2[C@@H](NC(=O)COc3ccccc3)C(=O)N2C1C(=O)O. The Morgan fingerprint density at radius 3 is 2.58 bits per heavy atom. The molecule has 3 atom stereocenters. The first kappa shape index (κ1) is 17.7. The molecule has 0 aliphatic carbocycles. The number of carbonyl (C=O) groups excluding carboxylic acids is 3. The molecule has 0 bridgehead atoms. The van der Waals surface area contributed by atoms with Gasteiger partial charge in [-0.25, -0.2) is 4.79 Å². The monoisotopic (exact) mass is 361 g/mol. The number of fused-ring (bicyclic) bond motifs is 1. The van der Waals surface area contributed by atoms with E-state index in [0.717, 1.165) is 9.80 Å². The van der Waals surface area contributed by atoms with Crippen LogP contribution in [0.25, 0.3) is 0 Å². The molecule has 0 radical (unpaired) electrons. The molecule has 9 nitrogen and oxygen atoms in total. The standard InChI is InChI=1S/C17H19N3O6/c1-2-13(22)19-8-11-14(16(23)20(11)15(19)17(24)25)18-12(21)9-26-10-6-4-3-5-7-10/h3-7,11,14-15H,2,8-9H2,1H3,(H,18,21)(H,24,25)/t11?,14-,15?/m1/s1. The van der Waals surface area contributed by atoms with Crippen molar-refractivity contribution in [2.24, 2.45) is 0 Å². The topological polar surface area (TPSA) is 116 Å². The summed E-state index contributed by atoms with van der Waals surface area (Å²) in [6, 6.07) is 7.36. The lowest BCUT2D eigenvalue weighted by Crippen LogP contribution is -2.71. The van der Waals surface area contributed by atoms with E-state index >= 15 is 0 Å². The van der Waals surface area contributed by atoms with Gasteiger partial charge < -0.3 is 25.0 Å². The van der Waals surface area contributed by atoms with Crippen molar-refractivity contribution in [2.75, 3.05) is 13.2 Å². The molecule has 26 heavy (non-hydrogen) atoms. The molecular weight excluding hydrogens is 342 g/mol. The van der Waals surface area contributed by atoms with Gasteiger partial charge in [-0.15, -0.1) is 0 Å². The molecule has 0 spiro atoms. The first-order chi connectivity index (χ1) is 12.4. The van der Waals surface area contributed by atoms with Crippen LogP contribution in [0, 0.1) is 0 Å². The molecule has 1 aromatic carbocycles. The Kier molecular flexibility index (Phi) is 4.79. The Balaban J connectivity index is 1.61. The van der Waals surface area contributed by atoms with E-state index in [-0.39, 0.29) is 25.5 Å². The van der Waals surface area contributed by atoms with Crippen molar-refractivity contribution in [3.05, 3.63) is 30.3 Å². The van der Waals surface area contributed by atoms with Gasteiger partial charge in [-0.1, -0.05) is 25.1 Å². The number of ether oxygens (including phenoxy) is 1. The van der Waals surface area contributed by atoms with E-state index in [4.69, 9.17) is 4.74 Å². The average Bonchev–Trinajstić information content (AvgIpc) is 3.01. The van der Waals surface area contributed by atoms with Crippen molar-refractivity contribution < 1.29 is 29.0 Å². The number of aliphatic carboxylic acids is 1.